The SMILES string of the molecule is Cc1cc(C(=O)N2CCC(O)(COc3ccccc3C)C2)ccn1. The van der Waals surface area contributed by atoms with Gasteiger partial charge in [0.15, 0.2) is 0 Å². The molecular weight excluding hydrogens is 304 g/mol. The third-order valence-corrected chi connectivity index (χ3v) is 4.35. The van der Waals surface area contributed by atoms with Crippen LogP contribution in [0.4, 0.5) is 0 Å². The van der Waals surface area contributed by atoms with E-state index in [1.807, 2.05) is 38.1 Å². The van der Waals surface area contributed by atoms with Gasteiger partial charge in [-0.05, 0) is 44.0 Å². The number of amides is 1. The van der Waals surface area contributed by atoms with E-state index in [2.05, 4.69) is 4.98 Å². The van der Waals surface area contributed by atoms with Crippen LogP contribution < -0.4 is 4.74 Å². The van der Waals surface area contributed by atoms with Gasteiger partial charge in [-0.25, -0.2) is 0 Å². The van der Waals surface area contributed by atoms with E-state index in [-0.39, 0.29) is 19.1 Å². The van der Waals surface area contributed by atoms with Crippen LogP contribution in [0.3, 0.4) is 0 Å². The standard InChI is InChI=1S/C19H22N2O3/c1-14-5-3-4-6-17(14)24-13-19(23)8-10-21(12-19)18(22)16-7-9-20-15(2)11-16/h3-7,9,11,23H,8,10,12-13H2,1-2H3. The number of likely N-dealkylation sites (tertiary alicyclic amines) is 1. The molecule has 1 aromatic carbocycles. The summed E-state index contributed by atoms with van der Waals surface area (Å²) in [6, 6.07) is 11.2. The van der Waals surface area contributed by atoms with Crippen molar-refractivity contribution in [1.82, 2.24) is 9.88 Å². The summed E-state index contributed by atoms with van der Waals surface area (Å²) in [5.74, 6) is 0.688. The fourth-order valence-corrected chi connectivity index (χ4v) is 2.94. The number of hydrogen-bond donors (Lipinski definition) is 1. The van der Waals surface area contributed by atoms with Crippen molar-refractivity contribution < 1.29 is 14.6 Å². The third kappa shape index (κ3) is 3.57. The zero-order valence-electron chi connectivity index (χ0n) is 14.0. The molecule has 1 aliphatic heterocycles. The number of rotatable bonds is 4. The maximum Gasteiger partial charge on any atom is 0.254 e. The second kappa shape index (κ2) is 6.61. The number of benzene rings is 1. The molecule has 0 bridgehead atoms. The van der Waals surface area contributed by atoms with Crippen molar-refractivity contribution in [2.45, 2.75) is 25.9 Å². The Morgan fingerprint density at radius 2 is 2.12 bits per heavy atom. The Hall–Kier alpha value is -2.40. The van der Waals surface area contributed by atoms with Crippen molar-refractivity contribution in [3.63, 3.8) is 0 Å². The molecule has 1 fully saturated rings. The monoisotopic (exact) mass is 326 g/mol. The minimum absolute atomic E-state index is 0.0766. The Bertz CT molecular complexity index is 747. The predicted octanol–water partition coefficient (Wildman–Crippen LogP) is 2.35. The predicted molar refractivity (Wildman–Crippen MR) is 91.1 cm³/mol. The molecule has 1 amide bonds. The Morgan fingerprint density at radius 3 is 2.88 bits per heavy atom. The van der Waals surface area contributed by atoms with Gasteiger partial charge >= 0.3 is 0 Å². The van der Waals surface area contributed by atoms with Crippen LogP contribution in [0.25, 0.3) is 0 Å². The molecule has 1 N–H and O–H groups in total. The number of β-amino-alcohol motifs (C(OH)–C–C–N with tert-alkyl or cyclic N) is 1. The summed E-state index contributed by atoms with van der Waals surface area (Å²) in [6.07, 6.45) is 2.14. The van der Waals surface area contributed by atoms with E-state index in [0.717, 1.165) is 17.0 Å². The highest BCUT2D eigenvalue weighted by atomic mass is 16.5. The zero-order valence-corrected chi connectivity index (χ0v) is 14.0. The van der Waals surface area contributed by atoms with Gasteiger partial charge in [-0.15, -0.1) is 0 Å². The van der Waals surface area contributed by atoms with E-state index in [9.17, 15) is 9.90 Å². The van der Waals surface area contributed by atoms with Crippen LogP contribution >= 0.6 is 0 Å². The number of nitrogens with zero attached hydrogens (tertiary/aromatic N) is 2. The van der Waals surface area contributed by atoms with Crippen LogP contribution in [0.1, 0.15) is 28.0 Å². The molecule has 1 aromatic heterocycles. The first-order valence-electron chi connectivity index (χ1n) is 8.10. The van der Waals surface area contributed by atoms with E-state index in [1.165, 1.54) is 0 Å². The number of hydrogen-bond acceptors (Lipinski definition) is 4. The number of para-hydroxylation sites is 1. The smallest absolute Gasteiger partial charge is 0.254 e. The summed E-state index contributed by atoms with van der Waals surface area (Å²) < 4.78 is 5.78. The Kier molecular flexibility index (Phi) is 4.53. The van der Waals surface area contributed by atoms with Crippen LogP contribution in [0.2, 0.25) is 0 Å². The third-order valence-electron chi connectivity index (χ3n) is 4.35. The Labute approximate surface area is 141 Å². The van der Waals surface area contributed by atoms with Crippen molar-refractivity contribution in [2.75, 3.05) is 19.7 Å². The first-order chi connectivity index (χ1) is 11.5. The van der Waals surface area contributed by atoms with E-state index in [0.29, 0.717) is 18.5 Å². The molecule has 0 aliphatic carbocycles. The molecule has 2 aromatic rings. The number of aromatic nitrogens is 1. The van der Waals surface area contributed by atoms with Gasteiger partial charge in [0.1, 0.15) is 18.0 Å². The van der Waals surface area contributed by atoms with E-state index < -0.39 is 5.60 Å². The number of aliphatic hydroxyl groups is 1. The largest absolute Gasteiger partial charge is 0.490 e. The lowest BCUT2D eigenvalue weighted by molar-refractivity contribution is 0.00413. The first kappa shape index (κ1) is 16.5. The molecule has 5 nitrogen and oxygen atoms in total. The lowest BCUT2D eigenvalue weighted by atomic mass is 10.1. The highest BCUT2D eigenvalue weighted by Gasteiger charge is 2.39. The quantitative estimate of drug-likeness (QED) is 0.937. The van der Waals surface area contributed by atoms with Crippen molar-refractivity contribution in [2.24, 2.45) is 0 Å². The van der Waals surface area contributed by atoms with Gasteiger partial charge in [-0.2, -0.15) is 0 Å². The van der Waals surface area contributed by atoms with Crippen LogP contribution in [0, 0.1) is 13.8 Å². The van der Waals surface area contributed by atoms with Gasteiger partial charge in [0.05, 0.1) is 6.54 Å². The molecule has 1 unspecified atom stereocenters. The molecule has 24 heavy (non-hydrogen) atoms. The van der Waals surface area contributed by atoms with Crippen molar-refractivity contribution in [1.29, 1.82) is 0 Å². The summed E-state index contributed by atoms with van der Waals surface area (Å²) in [4.78, 5) is 18.3. The van der Waals surface area contributed by atoms with Crippen LogP contribution in [0.5, 0.6) is 5.75 Å². The van der Waals surface area contributed by atoms with Crippen molar-refractivity contribution in [3.05, 3.63) is 59.4 Å². The average Bonchev–Trinajstić information content (AvgIpc) is 2.96. The van der Waals surface area contributed by atoms with Gasteiger partial charge in [0.25, 0.3) is 5.91 Å². The molecule has 1 aliphatic rings. The molecule has 0 spiro atoms. The molecule has 2 heterocycles. The summed E-state index contributed by atoms with van der Waals surface area (Å²) >= 11 is 0. The first-order valence-corrected chi connectivity index (χ1v) is 8.10. The molecule has 1 saturated heterocycles. The number of carbonyl (C=O) groups excluding carboxylic acids is 1. The minimum atomic E-state index is -1.01. The number of pyridine rings is 1. The summed E-state index contributed by atoms with van der Waals surface area (Å²) in [5, 5.41) is 10.7. The number of carbonyl (C=O) groups is 1. The lowest BCUT2D eigenvalue weighted by Gasteiger charge is -2.24. The maximum absolute atomic E-state index is 12.6. The molecule has 1 atom stereocenters. The van der Waals surface area contributed by atoms with E-state index in [1.54, 1.807) is 23.2 Å². The Morgan fingerprint density at radius 1 is 1.33 bits per heavy atom. The summed E-state index contributed by atoms with van der Waals surface area (Å²) in [6.45, 7) is 4.80. The van der Waals surface area contributed by atoms with Crippen LogP contribution in [-0.2, 0) is 0 Å². The van der Waals surface area contributed by atoms with E-state index >= 15 is 0 Å². The Balaban J connectivity index is 1.63. The maximum atomic E-state index is 12.6. The average molecular weight is 326 g/mol. The van der Waals surface area contributed by atoms with Crippen LogP contribution in [-0.4, -0.2) is 46.2 Å². The zero-order chi connectivity index (χ0) is 17.2. The van der Waals surface area contributed by atoms with Crippen LogP contribution in [0.15, 0.2) is 42.6 Å². The molecule has 5 heteroatoms. The molecule has 126 valence electrons. The number of ether oxygens (including phenoxy) is 1. The van der Waals surface area contributed by atoms with Gasteiger partial charge < -0.3 is 14.7 Å². The lowest BCUT2D eigenvalue weighted by Crippen LogP contribution is -2.40. The minimum Gasteiger partial charge on any atom is -0.490 e. The number of aryl methyl sites for hydroxylation is 2. The topological polar surface area (TPSA) is 62.7 Å². The molecule has 3 rings (SSSR count). The fraction of sp³-hybridized carbons (Fsp3) is 0.368. The van der Waals surface area contributed by atoms with E-state index in [4.69, 9.17) is 4.74 Å². The summed E-state index contributed by atoms with van der Waals surface area (Å²) in [5.41, 5.74) is 1.42. The molecule has 0 radical (unpaired) electrons. The van der Waals surface area contributed by atoms with Gasteiger partial charge in [0, 0.05) is 24.0 Å². The van der Waals surface area contributed by atoms with Crippen molar-refractivity contribution >= 4 is 5.91 Å². The normalized spacial score (nSPS) is 20.2. The highest BCUT2D eigenvalue weighted by Crippen LogP contribution is 2.25. The van der Waals surface area contributed by atoms with Gasteiger partial charge in [0.2, 0.25) is 0 Å². The second-order valence-electron chi connectivity index (χ2n) is 6.44. The van der Waals surface area contributed by atoms with Gasteiger partial charge in [-0.3, -0.25) is 9.78 Å². The highest BCUT2D eigenvalue weighted by molar-refractivity contribution is 5.94. The van der Waals surface area contributed by atoms with Gasteiger partial charge in [-0.1, -0.05) is 18.2 Å². The second-order valence-corrected chi connectivity index (χ2v) is 6.44. The fourth-order valence-electron chi connectivity index (χ4n) is 2.94. The molecule has 0 saturated carbocycles. The summed E-state index contributed by atoms with van der Waals surface area (Å²) in [7, 11) is 0. The molecular formula is C19H22N2O3. The van der Waals surface area contributed by atoms with Crippen molar-refractivity contribution in [3.8, 4) is 5.75 Å².